The smallest absolute Gasteiger partial charge is 0.363 e. The number of benzene rings is 2. The van der Waals surface area contributed by atoms with Crippen molar-refractivity contribution in [1.29, 1.82) is 0 Å². The fourth-order valence-electron chi connectivity index (χ4n) is 2.44. The minimum Gasteiger partial charge on any atom is -0.465 e. The molecule has 24 heavy (non-hydrogen) atoms. The molecule has 4 nitrogen and oxygen atoms in total. The molecule has 0 aliphatic carbocycles. The Balaban J connectivity index is 2.03. The average Bonchev–Trinajstić information content (AvgIpc) is 2.60. The van der Waals surface area contributed by atoms with E-state index in [1.807, 2.05) is 12.1 Å². The number of carbonyl (C=O) groups excluding carboxylic acids is 2. The van der Waals surface area contributed by atoms with Crippen LogP contribution < -0.4 is 4.74 Å². The number of Topliss-reactive ketones (excluding diaryl/α,β-unsaturated/α-hetero) is 1. The van der Waals surface area contributed by atoms with Gasteiger partial charge in [0.1, 0.15) is 5.75 Å². The maximum atomic E-state index is 12.4. The molecule has 1 aliphatic rings. The highest BCUT2D eigenvalue weighted by molar-refractivity contribution is 9.10. The number of rotatable bonds is 1. The topological polar surface area (TPSA) is 52.6 Å². The molecule has 0 saturated heterocycles. The third-order valence-electron chi connectivity index (χ3n) is 3.65. The highest BCUT2D eigenvalue weighted by Crippen LogP contribution is 2.33. The van der Waals surface area contributed by atoms with E-state index in [0.717, 1.165) is 4.47 Å². The minimum atomic E-state index is -1.63. The van der Waals surface area contributed by atoms with Gasteiger partial charge in [-0.2, -0.15) is 0 Å². The third kappa shape index (κ3) is 3.06. The van der Waals surface area contributed by atoms with Crippen LogP contribution in [0, 0.1) is 11.8 Å². The van der Waals surface area contributed by atoms with Crippen LogP contribution in [0.2, 0.25) is 0 Å². The van der Waals surface area contributed by atoms with Gasteiger partial charge in [-0.25, -0.2) is 4.79 Å². The van der Waals surface area contributed by atoms with Crippen LogP contribution in [0.25, 0.3) is 0 Å². The number of halogens is 1. The van der Waals surface area contributed by atoms with Crippen LogP contribution in [0.1, 0.15) is 22.3 Å². The summed E-state index contributed by atoms with van der Waals surface area (Å²) in [4.78, 5) is 24.7. The molecular weight excluding hydrogens is 372 g/mol. The van der Waals surface area contributed by atoms with E-state index in [-0.39, 0.29) is 12.2 Å². The first-order valence-electron chi connectivity index (χ1n) is 7.22. The number of hydrogen-bond acceptors (Lipinski definition) is 4. The Morgan fingerprint density at radius 2 is 1.92 bits per heavy atom. The van der Waals surface area contributed by atoms with Crippen molar-refractivity contribution in [3.8, 4) is 17.6 Å². The van der Waals surface area contributed by atoms with Crippen LogP contribution in [0.15, 0.2) is 53.0 Å². The maximum absolute atomic E-state index is 12.4. The summed E-state index contributed by atoms with van der Waals surface area (Å²) in [7, 11) is 1.25. The zero-order valence-corrected chi connectivity index (χ0v) is 14.4. The van der Waals surface area contributed by atoms with E-state index in [9.17, 15) is 9.59 Å². The number of ether oxygens (including phenoxy) is 2. The van der Waals surface area contributed by atoms with Crippen LogP contribution in [-0.2, 0) is 9.53 Å². The third-order valence-corrected chi connectivity index (χ3v) is 4.18. The zero-order valence-electron chi connectivity index (χ0n) is 12.8. The molecule has 0 bridgehead atoms. The van der Waals surface area contributed by atoms with Gasteiger partial charge in [-0.3, -0.25) is 4.79 Å². The number of hydrogen-bond donors (Lipinski definition) is 0. The van der Waals surface area contributed by atoms with E-state index in [0.29, 0.717) is 16.9 Å². The second-order valence-electron chi connectivity index (χ2n) is 5.27. The predicted molar refractivity (Wildman–Crippen MR) is 91.8 cm³/mol. The number of ketones is 1. The SMILES string of the molecule is COC(=O)[C@]1(C#Cc2ccc(Br)cc2)CC(=O)c2ccccc2O1. The molecule has 120 valence electrons. The largest absolute Gasteiger partial charge is 0.465 e. The molecule has 0 fully saturated rings. The van der Waals surface area contributed by atoms with Gasteiger partial charge in [0.15, 0.2) is 5.78 Å². The second-order valence-corrected chi connectivity index (χ2v) is 6.19. The fourth-order valence-corrected chi connectivity index (χ4v) is 2.70. The summed E-state index contributed by atoms with van der Waals surface area (Å²) >= 11 is 3.35. The van der Waals surface area contributed by atoms with Crippen LogP contribution in [0.5, 0.6) is 5.75 Å². The molecule has 0 N–H and O–H groups in total. The van der Waals surface area contributed by atoms with Crippen LogP contribution >= 0.6 is 15.9 Å². The van der Waals surface area contributed by atoms with Gasteiger partial charge in [-0.1, -0.05) is 34.0 Å². The molecular formula is C19H13BrO4. The quantitative estimate of drug-likeness (QED) is 0.558. The molecule has 1 heterocycles. The van der Waals surface area contributed by atoms with E-state index in [1.54, 1.807) is 36.4 Å². The average molecular weight is 385 g/mol. The van der Waals surface area contributed by atoms with Crippen molar-refractivity contribution in [2.75, 3.05) is 7.11 Å². The highest BCUT2D eigenvalue weighted by Gasteiger charge is 2.47. The number of esters is 1. The van der Waals surface area contributed by atoms with Gasteiger partial charge in [0.2, 0.25) is 0 Å². The first-order chi connectivity index (χ1) is 11.5. The van der Waals surface area contributed by atoms with Crippen LogP contribution in [-0.4, -0.2) is 24.5 Å². The van der Waals surface area contributed by atoms with Crippen molar-refractivity contribution < 1.29 is 19.1 Å². The monoisotopic (exact) mass is 384 g/mol. The Kier molecular flexibility index (Phi) is 4.41. The van der Waals surface area contributed by atoms with Crippen molar-refractivity contribution in [3.63, 3.8) is 0 Å². The fraction of sp³-hybridized carbons (Fsp3) is 0.158. The van der Waals surface area contributed by atoms with Crippen LogP contribution in [0.3, 0.4) is 0 Å². The summed E-state index contributed by atoms with van der Waals surface area (Å²) in [5.74, 6) is 5.16. The zero-order chi connectivity index (χ0) is 17.2. The van der Waals surface area contributed by atoms with E-state index in [1.165, 1.54) is 7.11 Å². The highest BCUT2D eigenvalue weighted by atomic mass is 79.9. The Labute approximate surface area is 147 Å². The Bertz CT molecular complexity index is 861. The van der Waals surface area contributed by atoms with Gasteiger partial charge in [-0.05, 0) is 42.3 Å². The molecule has 0 spiro atoms. The van der Waals surface area contributed by atoms with E-state index in [2.05, 4.69) is 27.8 Å². The van der Waals surface area contributed by atoms with Crippen LogP contribution in [0.4, 0.5) is 0 Å². The predicted octanol–water partition coefficient (Wildman–Crippen LogP) is 3.38. The molecule has 3 rings (SSSR count). The summed E-state index contributed by atoms with van der Waals surface area (Å²) < 4.78 is 11.6. The lowest BCUT2D eigenvalue weighted by Crippen LogP contribution is -2.48. The van der Waals surface area contributed by atoms with Gasteiger partial charge in [0.25, 0.3) is 5.60 Å². The molecule has 0 unspecified atom stereocenters. The number of fused-ring (bicyclic) bond motifs is 1. The standard InChI is InChI=1S/C19H13BrO4/c1-23-18(22)19(11-10-13-6-8-14(20)9-7-13)12-16(21)15-4-2-3-5-17(15)24-19/h2-9H,12H2,1H3/t19-/m0/s1. The van der Waals surface area contributed by atoms with E-state index in [4.69, 9.17) is 9.47 Å². The maximum Gasteiger partial charge on any atom is 0.363 e. The first-order valence-corrected chi connectivity index (χ1v) is 8.02. The van der Waals surface area contributed by atoms with Crippen molar-refractivity contribution in [2.45, 2.75) is 12.0 Å². The van der Waals surface area contributed by atoms with Gasteiger partial charge in [0.05, 0.1) is 19.1 Å². The number of methoxy groups -OCH3 is 1. The van der Waals surface area contributed by atoms with Gasteiger partial charge in [0, 0.05) is 10.0 Å². The van der Waals surface area contributed by atoms with E-state index >= 15 is 0 Å². The normalized spacial score (nSPS) is 18.7. The molecule has 1 atom stereocenters. The molecule has 0 amide bonds. The Hall–Kier alpha value is -2.58. The molecule has 1 aliphatic heterocycles. The van der Waals surface area contributed by atoms with Gasteiger partial charge in [-0.15, -0.1) is 0 Å². The molecule has 5 heteroatoms. The molecule has 0 aromatic heterocycles. The second kappa shape index (κ2) is 6.50. The lowest BCUT2D eigenvalue weighted by Gasteiger charge is -2.31. The number of carbonyl (C=O) groups is 2. The van der Waals surface area contributed by atoms with Crippen molar-refractivity contribution in [3.05, 3.63) is 64.1 Å². The van der Waals surface area contributed by atoms with E-state index < -0.39 is 11.6 Å². The Morgan fingerprint density at radius 3 is 2.62 bits per heavy atom. The van der Waals surface area contributed by atoms with Gasteiger partial charge >= 0.3 is 5.97 Å². The molecule has 2 aromatic carbocycles. The summed E-state index contributed by atoms with van der Waals surface area (Å²) in [5.41, 5.74) is -0.480. The number of para-hydroxylation sites is 1. The van der Waals surface area contributed by atoms with Crippen molar-refractivity contribution in [1.82, 2.24) is 0 Å². The molecule has 0 radical (unpaired) electrons. The van der Waals surface area contributed by atoms with Crippen molar-refractivity contribution in [2.24, 2.45) is 0 Å². The summed E-state index contributed by atoms with van der Waals surface area (Å²) in [6.07, 6.45) is -0.180. The summed E-state index contributed by atoms with van der Waals surface area (Å²) in [6, 6.07) is 14.1. The first kappa shape index (κ1) is 16.3. The minimum absolute atomic E-state index is 0.180. The summed E-state index contributed by atoms with van der Waals surface area (Å²) in [6.45, 7) is 0. The Morgan fingerprint density at radius 1 is 1.21 bits per heavy atom. The summed E-state index contributed by atoms with van der Waals surface area (Å²) in [5, 5.41) is 0. The lowest BCUT2D eigenvalue weighted by molar-refractivity contribution is -0.154. The van der Waals surface area contributed by atoms with Crippen molar-refractivity contribution >= 4 is 27.7 Å². The van der Waals surface area contributed by atoms with Gasteiger partial charge < -0.3 is 9.47 Å². The molecule has 2 aromatic rings. The lowest BCUT2D eigenvalue weighted by atomic mass is 9.90. The molecule has 0 saturated carbocycles.